The van der Waals surface area contributed by atoms with Gasteiger partial charge in [-0.2, -0.15) is 0 Å². The summed E-state index contributed by atoms with van der Waals surface area (Å²) in [6.45, 7) is 1.11. The summed E-state index contributed by atoms with van der Waals surface area (Å²) < 4.78 is 13.6. The number of hydrogen-bond acceptors (Lipinski definition) is 4. The lowest BCUT2D eigenvalue weighted by Crippen LogP contribution is -2.17. The van der Waals surface area contributed by atoms with Crippen molar-refractivity contribution in [2.24, 2.45) is 0 Å². The highest BCUT2D eigenvalue weighted by Gasteiger charge is 2.11. The van der Waals surface area contributed by atoms with Crippen molar-refractivity contribution in [2.75, 3.05) is 12.8 Å². The van der Waals surface area contributed by atoms with Crippen LogP contribution in [0.1, 0.15) is 10.4 Å². The van der Waals surface area contributed by atoms with Crippen molar-refractivity contribution in [3.63, 3.8) is 0 Å². The van der Waals surface area contributed by atoms with Crippen molar-refractivity contribution in [3.05, 3.63) is 45.7 Å². The highest BCUT2D eigenvalue weighted by molar-refractivity contribution is 7.15. The highest BCUT2D eigenvalue weighted by Crippen LogP contribution is 2.22. The summed E-state index contributed by atoms with van der Waals surface area (Å²) in [6, 6.07) is 4.71. The first kappa shape index (κ1) is 13.3. The maximum Gasteiger partial charge on any atom is 0.180 e. The maximum absolute atomic E-state index is 13.6. The molecule has 0 saturated heterocycles. The smallest absolute Gasteiger partial charge is 0.180 e. The molecule has 1 aromatic heterocycles. The molecule has 3 nitrogen and oxygen atoms in total. The largest absolute Gasteiger partial charge is 0.375 e. The van der Waals surface area contributed by atoms with Crippen LogP contribution in [0, 0.1) is 5.82 Å². The lowest BCUT2D eigenvalue weighted by atomic mass is 10.2. The average molecular weight is 286 g/mol. The van der Waals surface area contributed by atoms with Crippen molar-refractivity contribution in [1.82, 2.24) is 9.88 Å². The highest BCUT2D eigenvalue weighted by atomic mass is 35.5. The van der Waals surface area contributed by atoms with E-state index in [9.17, 15) is 4.39 Å². The van der Waals surface area contributed by atoms with Gasteiger partial charge in [-0.05, 0) is 19.2 Å². The van der Waals surface area contributed by atoms with Crippen LogP contribution in [-0.4, -0.2) is 16.9 Å². The van der Waals surface area contributed by atoms with E-state index in [-0.39, 0.29) is 5.82 Å². The van der Waals surface area contributed by atoms with Crippen LogP contribution in [0.15, 0.2) is 24.4 Å². The zero-order chi connectivity index (χ0) is 13.1. The van der Waals surface area contributed by atoms with Gasteiger partial charge in [-0.1, -0.05) is 17.7 Å². The van der Waals surface area contributed by atoms with Gasteiger partial charge < -0.3 is 5.73 Å². The third-order valence-electron chi connectivity index (χ3n) is 2.49. The quantitative estimate of drug-likeness (QED) is 0.938. The van der Waals surface area contributed by atoms with Gasteiger partial charge in [0, 0.05) is 34.7 Å². The summed E-state index contributed by atoms with van der Waals surface area (Å²) in [5.74, 6) is -0.279. The van der Waals surface area contributed by atoms with E-state index < -0.39 is 0 Å². The van der Waals surface area contributed by atoms with Crippen LogP contribution >= 0.6 is 22.9 Å². The monoisotopic (exact) mass is 285 g/mol. The molecule has 0 aliphatic heterocycles. The molecule has 1 aromatic carbocycles. The topological polar surface area (TPSA) is 42.2 Å². The summed E-state index contributed by atoms with van der Waals surface area (Å²) in [6.07, 6.45) is 1.74. The number of nitrogens with two attached hydrogens (primary N) is 1. The summed E-state index contributed by atoms with van der Waals surface area (Å²) in [5, 5.41) is 0.994. The summed E-state index contributed by atoms with van der Waals surface area (Å²) in [7, 11) is 1.90. The predicted octanol–water partition coefficient (Wildman–Crippen LogP) is 3.15. The second kappa shape index (κ2) is 5.65. The molecule has 18 heavy (non-hydrogen) atoms. The van der Waals surface area contributed by atoms with Gasteiger partial charge in [-0.3, -0.25) is 4.90 Å². The van der Waals surface area contributed by atoms with Crippen LogP contribution in [0.4, 0.5) is 9.52 Å². The number of nitrogen functional groups attached to an aromatic ring is 1. The number of anilines is 1. The Balaban J connectivity index is 2.05. The first-order valence-corrected chi connectivity index (χ1v) is 6.57. The Morgan fingerprint density at radius 1 is 1.44 bits per heavy atom. The van der Waals surface area contributed by atoms with Crippen molar-refractivity contribution < 1.29 is 4.39 Å². The van der Waals surface area contributed by atoms with Crippen LogP contribution < -0.4 is 5.73 Å². The van der Waals surface area contributed by atoms with Crippen LogP contribution in [0.5, 0.6) is 0 Å². The van der Waals surface area contributed by atoms with Crippen molar-refractivity contribution >= 4 is 28.1 Å². The molecule has 2 rings (SSSR count). The second-order valence-electron chi connectivity index (χ2n) is 4.04. The molecule has 0 radical (unpaired) electrons. The normalized spacial score (nSPS) is 11.1. The van der Waals surface area contributed by atoms with Crippen molar-refractivity contribution in [3.8, 4) is 0 Å². The SMILES string of the molecule is CN(Cc1cnc(N)s1)Cc1c(F)cccc1Cl. The van der Waals surface area contributed by atoms with Gasteiger partial charge in [0.1, 0.15) is 5.82 Å². The molecule has 0 aliphatic carbocycles. The number of thiazole rings is 1. The van der Waals surface area contributed by atoms with Crippen LogP contribution in [0.25, 0.3) is 0 Å². The summed E-state index contributed by atoms with van der Waals surface area (Å²) in [5.41, 5.74) is 6.08. The maximum atomic E-state index is 13.6. The van der Waals surface area contributed by atoms with Crippen molar-refractivity contribution in [2.45, 2.75) is 13.1 Å². The minimum absolute atomic E-state index is 0.279. The Morgan fingerprint density at radius 2 is 2.22 bits per heavy atom. The van der Waals surface area contributed by atoms with E-state index in [1.54, 1.807) is 18.3 Å². The van der Waals surface area contributed by atoms with Gasteiger partial charge in [0.05, 0.1) is 0 Å². The average Bonchev–Trinajstić information content (AvgIpc) is 2.69. The molecule has 0 unspecified atom stereocenters. The van der Waals surface area contributed by atoms with E-state index >= 15 is 0 Å². The fourth-order valence-electron chi connectivity index (χ4n) is 1.67. The molecule has 2 N–H and O–H groups in total. The molecule has 0 atom stereocenters. The van der Waals surface area contributed by atoms with Gasteiger partial charge in [0.25, 0.3) is 0 Å². The minimum Gasteiger partial charge on any atom is -0.375 e. The van der Waals surface area contributed by atoms with E-state index in [1.807, 2.05) is 11.9 Å². The number of hydrogen-bond donors (Lipinski definition) is 1. The standard InChI is InChI=1S/C12H13ClFN3S/c1-17(6-8-5-16-12(15)18-8)7-9-10(13)3-2-4-11(9)14/h2-5H,6-7H2,1H3,(H2,15,16). The third kappa shape index (κ3) is 3.19. The van der Waals surface area contributed by atoms with E-state index in [0.717, 1.165) is 4.88 Å². The molecule has 0 bridgehead atoms. The Kier molecular flexibility index (Phi) is 4.16. The molecule has 2 aromatic rings. The van der Waals surface area contributed by atoms with E-state index in [1.165, 1.54) is 17.4 Å². The van der Waals surface area contributed by atoms with Gasteiger partial charge in [0.2, 0.25) is 0 Å². The lowest BCUT2D eigenvalue weighted by molar-refractivity contribution is 0.316. The molecule has 0 aliphatic rings. The van der Waals surface area contributed by atoms with Gasteiger partial charge in [-0.15, -0.1) is 11.3 Å². The number of rotatable bonds is 4. The molecule has 96 valence electrons. The molecule has 0 saturated carbocycles. The van der Waals surface area contributed by atoms with Gasteiger partial charge >= 0.3 is 0 Å². The van der Waals surface area contributed by atoms with Crippen molar-refractivity contribution in [1.29, 1.82) is 0 Å². The molecule has 0 fully saturated rings. The van der Waals surface area contributed by atoms with Crippen LogP contribution in [0.3, 0.4) is 0 Å². The fraction of sp³-hybridized carbons (Fsp3) is 0.250. The first-order chi connectivity index (χ1) is 8.56. The zero-order valence-electron chi connectivity index (χ0n) is 9.86. The molecular formula is C12H13ClFN3S. The molecule has 6 heteroatoms. The van der Waals surface area contributed by atoms with Gasteiger partial charge in [-0.25, -0.2) is 9.37 Å². The minimum atomic E-state index is -0.279. The Bertz CT molecular complexity index is 524. The molecule has 0 spiro atoms. The number of benzene rings is 1. The summed E-state index contributed by atoms with van der Waals surface area (Å²) >= 11 is 7.42. The van der Waals surface area contributed by atoms with E-state index in [2.05, 4.69) is 4.98 Å². The summed E-state index contributed by atoms with van der Waals surface area (Å²) in [4.78, 5) is 6.99. The molecular weight excluding hydrogens is 273 g/mol. The number of aromatic nitrogens is 1. The van der Waals surface area contributed by atoms with Crippen LogP contribution in [0.2, 0.25) is 5.02 Å². The molecule has 0 amide bonds. The zero-order valence-corrected chi connectivity index (χ0v) is 11.4. The first-order valence-electron chi connectivity index (χ1n) is 5.38. The second-order valence-corrected chi connectivity index (χ2v) is 5.59. The Hall–Kier alpha value is -1.17. The Morgan fingerprint density at radius 3 is 2.83 bits per heavy atom. The van der Waals surface area contributed by atoms with E-state index in [4.69, 9.17) is 17.3 Å². The van der Waals surface area contributed by atoms with Gasteiger partial charge in [0.15, 0.2) is 5.13 Å². The van der Waals surface area contributed by atoms with Crippen LogP contribution in [-0.2, 0) is 13.1 Å². The Labute approximate surface area is 114 Å². The molecule has 1 heterocycles. The number of nitrogens with zero attached hydrogens (tertiary/aromatic N) is 2. The third-order valence-corrected chi connectivity index (χ3v) is 3.65. The fourth-order valence-corrected chi connectivity index (χ4v) is 2.66. The lowest BCUT2D eigenvalue weighted by Gasteiger charge is -2.16. The number of halogens is 2. The van der Waals surface area contributed by atoms with E-state index in [0.29, 0.717) is 28.8 Å². The predicted molar refractivity (Wildman–Crippen MR) is 73.1 cm³/mol.